The van der Waals surface area contributed by atoms with Crippen LogP contribution in [-0.2, 0) is 10.0 Å². The summed E-state index contributed by atoms with van der Waals surface area (Å²) in [4.78, 5) is 8.78. The summed E-state index contributed by atoms with van der Waals surface area (Å²) >= 11 is 0. The molecule has 148 valence electrons. The van der Waals surface area contributed by atoms with Gasteiger partial charge in [0.25, 0.3) is 10.0 Å². The van der Waals surface area contributed by atoms with E-state index in [4.69, 9.17) is 0 Å². The van der Waals surface area contributed by atoms with Crippen LogP contribution in [0.15, 0.2) is 53.7 Å². The van der Waals surface area contributed by atoms with Gasteiger partial charge in [0.1, 0.15) is 11.3 Å². The number of aromatic nitrogens is 2. The van der Waals surface area contributed by atoms with Gasteiger partial charge in [-0.15, -0.1) is 0 Å². The lowest BCUT2D eigenvalue weighted by atomic mass is 10.0. The van der Waals surface area contributed by atoms with Crippen molar-refractivity contribution < 1.29 is 12.8 Å². The molecule has 6 nitrogen and oxygen atoms in total. The van der Waals surface area contributed by atoms with E-state index in [2.05, 4.69) is 28.9 Å². The molecule has 3 aromatic rings. The molecule has 1 aromatic carbocycles. The van der Waals surface area contributed by atoms with Gasteiger partial charge in [-0.05, 0) is 57.3 Å². The molecule has 1 saturated heterocycles. The number of benzene rings is 1. The van der Waals surface area contributed by atoms with E-state index in [-0.39, 0.29) is 4.90 Å². The summed E-state index contributed by atoms with van der Waals surface area (Å²) in [5.74, 6) is -0.582. The van der Waals surface area contributed by atoms with Crippen LogP contribution in [0.2, 0.25) is 0 Å². The Balaban J connectivity index is 1.78. The molecule has 0 aliphatic carbocycles. The summed E-state index contributed by atoms with van der Waals surface area (Å²) in [6.07, 6.45) is 5.29. The molecular formula is C20H23FN4O2S. The SMILES string of the molecule is CN(C)C1CCN(c2cn(S(=O)(=O)c3cccc(F)c3)c3cccnc23)CC1. The van der Waals surface area contributed by atoms with Crippen LogP contribution >= 0.6 is 0 Å². The number of halogens is 1. The number of pyridine rings is 1. The van der Waals surface area contributed by atoms with Gasteiger partial charge in [-0.3, -0.25) is 4.98 Å². The minimum absolute atomic E-state index is 0.0777. The zero-order chi connectivity index (χ0) is 19.9. The first kappa shape index (κ1) is 18.9. The van der Waals surface area contributed by atoms with Crippen LogP contribution in [0.4, 0.5) is 10.1 Å². The van der Waals surface area contributed by atoms with Crippen molar-refractivity contribution in [2.75, 3.05) is 32.1 Å². The Morgan fingerprint density at radius 3 is 2.57 bits per heavy atom. The molecule has 0 bridgehead atoms. The predicted molar refractivity (Wildman–Crippen MR) is 108 cm³/mol. The Labute approximate surface area is 164 Å². The summed E-state index contributed by atoms with van der Waals surface area (Å²) < 4.78 is 41.2. The molecule has 0 amide bonds. The van der Waals surface area contributed by atoms with Gasteiger partial charge in [0, 0.05) is 31.5 Å². The standard InChI is InChI=1S/C20H23FN4O2S/c1-23(2)16-8-11-24(12-9-16)19-14-25(18-7-4-10-22-20(18)19)28(26,27)17-6-3-5-15(21)13-17/h3-7,10,13-14,16H,8-9,11-12H2,1-2H3. The van der Waals surface area contributed by atoms with Crippen LogP contribution in [0.25, 0.3) is 11.0 Å². The Morgan fingerprint density at radius 1 is 1.14 bits per heavy atom. The topological polar surface area (TPSA) is 58.4 Å². The van der Waals surface area contributed by atoms with E-state index < -0.39 is 15.8 Å². The van der Waals surface area contributed by atoms with Crippen LogP contribution < -0.4 is 4.90 Å². The van der Waals surface area contributed by atoms with Crippen molar-refractivity contribution in [2.45, 2.75) is 23.8 Å². The van der Waals surface area contributed by atoms with Crippen LogP contribution in [0.3, 0.4) is 0 Å². The van der Waals surface area contributed by atoms with Crippen molar-refractivity contribution in [1.29, 1.82) is 0 Å². The maximum absolute atomic E-state index is 13.6. The number of hydrogen-bond acceptors (Lipinski definition) is 5. The molecule has 1 aliphatic heterocycles. The maximum atomic E-state index is 13.6. The van der Waals surface area contributed by atoms with Gasteiger partial charge in [0.05, 0.1) is 16.1 Å². The van der Waals surface area contributed by atoms with Crippen LogP contribution in [0.5, 0.6) is 0 Å². The van der Waals surface area contributed by atoms with E-state index in [1.807, 2.05) is 0 Å². The van der Waals surface area contributed by atoms with Gasteiger partial charge in [-0.1, -0.05) is 6.07 Å². The van der Waals surface area contributed by atoms with Crippen molar-refractivity contribution in [3.05, 3.63) is 54.6 Å². The summed E-state index contributed by atoms with van der Waals surface area (Å²) in [7, 11) is 0.237. The molecule has 0 atom stereocenters. The van der Waals surface area contributed by atoms with Crippen LogP contribution in [-0.4, -0.2) is 55.5 Å². The van der Waals surface area contributed by atoms with E-state index in [0.717, 1.165) is 37.7 Å². The van der Waals surface area contributed by atoms with Gasteiger partial charge in [0.2, 0.25) is 0 Å². The zero-order valence-corrected chi connectivity index (χ0v) is 16.7. The lowest BCUT2D eigenvalue weighted by Gasteiger charge is -2.36. The second kappa shape index (κ2) is 7.18. The highest BCUT2D eigenvalue weighted by molar-refractivity contribution is 7.90. The number of nitrogens with zero attached hydrogens (tertiary/aromatic N) is 4. The Bertz CT molecular complexity index is 1100. The van der Waals surface area contributed by atoms with E-state index in [0.29, 0.717) is 17.1 Å². The van der Waals surface area contributed by atoms with Gasteiger partial charge in [-0.25, -0.2) is 16.8 Å². The first-order valence-electron chi connectivity index (χ1n) is 9.26. The molecule has 0 radical (unpaired) electrons. The van der Waals surface area contributed by atoms with Crippen molar-refractivity contribution in [2.24, 2.45) is 0 Å². The molecule has 1 aliphatic rings. The van der Waals surface area contributed by atoms with Gasteiger partial charge < -0.3 is 9.80 Å². The van der Waals surface area contributed by atoms with Crippen molar-refractivity contribution in [3.63, 3.8) is 0 Å². The largest absolute Gasteiger partial charge is 0.368 e. The second-order valence-electron chi connectivity index (χ2n) is 7.33. The predicted octanol–water partition coefficient (Wildman–Crippen LogP) is 2.94. The molecule has 8 heteroatoms. The molecule has 3 heterocycles. The van der Waals surface area contributed by atoms with E-state index in [1.54, 1.807) is 24.5 Å². The summed E-state index contributed by atoms with van der Waals surface area (Å²) in [6.45, 7) is 1.66. The fourth-order valence-corrected chi connectivity index (χ4v) is 5.19. The summed E-state index contributed by atoms with van der Waals surface area (Å²) in [5.41, 5.74) is 1.94. The third kappa shape index (κ3) is 3.27. The minimum atomic E-state index is -3.93. The zero-order valence-electron chi connectivity index (χ0n) is 15.9. The van der Waals surface area contributed by atoms with E-state index in [9.17, 15) is 12.8 Å². The van der Waals surface area contributed by atoms with Crippen molar-refractivity contribution in [3.8, 4) is 0 Å². The Hall–Kier alpha value is -2.45. The quantitative estimate of drug-likeness (QED) is 0.672. The molecular weight excluding hydrogens is 379 g/mol. The normalized spacial score (nSPS) is 16.2. The fourth-order valence-electron chi connectivity index (χ4n) is 3.81. The van der Waals surface area contributed by atoms with Crippen LogP contribution in [0, 0.1) is 5.82 Å². The Morgan fingerprint density at radius 2 is 1.89 bits per heavy atom. The molecule has 28 heavy (non-hydrogen) atoms. The molecule has 4 rings (SSSR count). The summed E-state index contributed by atoms with van der Waals surface area (Å²) in [6, 6.07) is 9.04. The molecule has 2 aromatic heterocycles. The first-order valence-corrected chi connectivity index (χ1v) is 10.7. The van der Waals surface area contributed by atoms with Crippen LogP contribution in [0.1, 0.15) is 12.8 Å². The van der Waals surface area contributed by atoms with Gasteiger partial charge >= 0.3 is 0 Å². The number of hydrogen-bond donors (Lipinski definition) is 0. The molecule has 0 saturated carbocycles. The highest BCUT2D eigenvalue weighted by Crippen LogP contribution is 2.32. The lowest BCUT2D eigenvalue weighted by Crippen LogP contribution is -2.42. The smallest absolute Gasteiger partial charge is 0.268 e. The monoisotopic (exact) mass is 402 g/mol. The highest BCUT2D eigenvalue weighted by atomic mass is 32.2. The second-order valence-corrected chi connectivity index (χ2v) is 9.14. The van der Waals surface area contributed by atoms with E-state index in [1.165, 1.54) is 22.2 Å². The van der Waals surface area contributed by atoms with Crippen molar-refractivity contribution >= 4 is 26.7 Å². The van der Waals surface area contributed by atoms with Crippen molar-refractivity contribution in [1.82, 2.24) is 13.9 Å². The highest BCUT2D eigenvalue weighted by Gasteiger charge is 2.27. The fraction of sp³-hybridized carbons (Fsp3) is 0.350. The Kier molecular flexibility index (Phi) is 4.84. The molecule has 0 unspecified atom stereocenters. The third-order valence-electron chi connectivity index (χ3n) is 5.39. The molecule has 0 spiro atoms. The van der Waals surface area contributed by atoms with Gasteiger partial charge in [0.15, 0.2) is 0 Å². The average Bonchev–Trinajstić information content (AvgIpc) is 3.08. The maximum Gasteiger partial charge on any atom is 0.268 e. The number of fused-ring (bicyclic) bond motifs is 1. The number of anilines is 1. The first-order chi connectivity index (χ1) is 13.4. The molecule has 0 N–H and O–H groups in total. The van der Waals surface area contributed by atoms with E-state index >= 15 is 0 Å². The molecule has 1 fully saturated rings. The van der Waals surface area contributed by atoms with Gasteiger partial charge in [-0.2, -0.15) is 0 Å². The average molecular weight is 402 g/mol. The minimum Gasteiger partial charge on any atom is -0.368 e. The lowest BCUT2D eigenvalue weighted by molar-refractivity contribution is 0.250. The summed E-state index contributed by atoms with van der Waals surface area (Å²) in [5, 5.41) is 0. The number of piperidine rings is 1. The number of rotatable bonds is 4. The third-order valence-corrected chi connectivity index (χ3v) is 7.06.